The summed E-state index contributed by atoms with van der Waals surface area (Å²) in [7, 11) is 0. The quantitative estimate of drug-likeness (QED) is 0.125. The van der Waals surface area contributed by atoms with Crippen LogP contribution in [0.3, 0.4) is 0 Å². The first-order valence-electron chi connectivity index (χ1n) is 14.5. The monoisotopic (exact) mass is 543 g/mol. The highest BCUT2D eigenvalue weighted by Crippen LogP contribution is 2.36. The molecule has 2 aromatic heterocycles. The van der Waals surface area contributed by atoms with E-state index in [0.717, 1.165) is 77.7 Å². The zero-order valence-corrected chi connectivity index (χ0v) is 23.8. The Labute approximate surface area is 242 Å². The van der Waals surface area contributed by atoms with E-state index in [1.165, 1.54) is 11.8 Å². The lowest BCUT2D eigenvalue weighted by atomic mass is 9.91. The highest BCUT2D eigenvalue weighted by atomic mass is 16.1. The maximum absolute atomic E-state index is 12.3. The number of anilines is 3. The molecule has 2 aromatic carbocycles. The van der Waals surface area contributed by atoms with Gasteiger partial charge in [0.2, 0.25) is 5.91 Å². The van der Waals surface area contributed by atoms with Crippen molar-refractivity contribution >= 4 is 51.5 Å². The van der Waals surface area contributed by atoms with Gasteiger partial charge in [-0.25, -0.2) is 4.98 Å². The maximum atomic E-state index is 12.3. The van der Waals surface area contributed by atoms with Gasteiger partial charge in [-0.1, -0.05) is 55.8 Å². The average Bonchev–Trinajstić information content (AvgIpc) is 3.29. The smallest absolute Gasteiger partial charge is 0.248 e. The van der Waals surface area contributed by atoms with E-state index in [1.807, 2.05) is 30.3 Å². The molecular weight excluding hydrogens is 506 g/mol. The minimum atomic E-state index is -0.191. The highest BCUT2D eigenvalue weighted by molar-refractivity contribution is 6.02. The van der Waals surface area contributed by atoms with Gasteiger partial charge in [-0.2, -0.15) is 0 Å². The Kier molecular flexibility index (Phi) is 9.32. The fourth-order valence-electron chi connectivity index (χ4n) is 5.26. The Morgan fingerprint density at radius 2 is 1.71 bits per heavy atom. The molecule has 6 heteroatoms. The van der Waals surface area contributed by atoms with Gasteiger partial charge in [0.15, 0.2) is 5.82 Å². The Hall–Kier alpha value is -4.58. The van der Waals surface area contributed by atoms with Crippen LogP contribution >= 0.6 is 0 Å². The largest absolute Gasteiger partial charge is 0.338 e. The molecule has 5 rings (SSSR count). The predicted octanol–water partition coefficient (Wildman–Crippen LogP) is 8.95. The Balaban J connectivity index is 1.41. The number of nitrogens with zero attached hydrogens (tertiary/aromatic N) is 3. The Morgan fingerprint density at radius 1 is 0.976 bits per heavy atom. The molecule has 6 nitrogen and oxygen atoms in total. The predicted molar refractivity (Wildman–Crippen MR) is 171 cm³/mol. The molecule has 2 heterocycles. The van der Waals surface area contributed by atoms with Crippen LogP contribution in [0.25, 0.3) is 17.0 Å². The highest BCUT2D eigenvalue weighted by Gasteiger charge is 2.19. The molecule has 0 bridgehead atoms. The van der Waals surface area contributed by atoms with Crippen LogP contribution in [0, 0.1) is 12.8 Å². The van der Waals surface area contributed by atoms with Gasteiger partial charge in [0, 0.05) is 40.9 Å². The van der Waals surface area contributed by atoms with Gasteiger partial charge >= 0.3 is 0 Å². The van der Waals surface area contributed by atoms with Crippen molar-refractivity contribution in [3.05, 3.63) is 102 Å². The third-order valence-corrected chi connectivity index (χ3v) is 7.43. The second kappa shape index (κ2) is 13.7. The molecule has 208 valence electrons. The fourth-order valence-corrected chi connectivity index (χ4v) is 5.26. The van der Waals surface area contributed by atoms with Crippen molar-refractivity contribution in [1.29, 1.82) is 0 Å². The van der Waals surface area contributed by atoms with Gasteiger partial charge in [0.1, 0.15) is 5.69 Å². The number of amides is 1. The number of benzene rings is 2. The van der Waals surface area contributed by atoms with Crippen LogP contribution in [0.1, 0.15) is 56.6 Å². The summed E-state index contributed by atoms with van der Waals surface area (Å²) in [5, 5.41) is 7.51. The lowest BCUT2D eigenvalue weighted by Crippen LogP contribution is -2.14. The molecule has 1 aliphatic rings. The summed E-state index contributed by atoms with van der Waals surface area (Å²) in [5.74, 6) is 1.07. The molecule has 2 N–H and O–H groups in total. The van der Waals surface area contributed by atoms with Gasteiger partial charge in [0.25, 0.3) is 0 Å². The number of nitrogens with one attached hydrogen (secondary N) is 2. The van der Waals surface area contributed by atoms with Crippen LogP contribution in [0.15, 0.2) is 96.3 Å². The lowest BCUT2D eigenvalue weighted by Gasteiger charge is -2.19. The summed E-state index contributed by atoms with van der Waals surface area (Å²) >= 11 is 0. The van der Waals surface area contributed by atoms with Gasteiger partial charge in [-0.05, 0) is 92.5 Å². The van der Waals surface area contributed by atoms with Crippen molar-refractivity contribution in [3.63, 3.8) is 0 Å². The summed E-state index contributed by atoms with van der Waals surface area (Å²) in [5.41, 5.74) is 6.83. The van der Waals surface area contributed by atoms with Crippen molar-refractivity contribution in [2.45, 2.75) is 52.4 Å². The Morgan fingerprint density at radius 3 is 2.44 bits per heavy atom. The molecule has 1 aliphatic carbocycles. The number of hydrogen-bond acceptors (Lipinski definition) is 5. The zero-order chi connectivity index (χ0) is 28.4. The summed E-state index contributed by atoms with van der Waals surface area (Å²) < 4.78 is 0. The molecular formula is C35H37N5O. The van der Waals surface area contributed by atoms with E-state index in [2.05, 4.69) is 59.8 Å². The van der Waals surface area contributed by atoms with E-state index in [-0.39, 0.29) is 5.91 Å². The summed E-state index contributed by atoms with van der Waals surface area (Å²) in [6.07, 6.45) is 17.8. The van der Waals surface area contributed by atoms with Crippen molar-refractivity contribution in [2.75, 3.05) is 10.6 Å². The number of para-hydroxylation sites is 1. The molecule has 0 radical (unpaired) electrons. The number of allylic oxidation sites excluding steroid dienone is 2. The second-order valence-electron chi connectivity index (χ2n) is 10.4. The minimum absolute atomic E-state index is 0.191. The van der Waals surface area contributed by atoms with Crippen LogP contribution < -0.4 is 10.6 Å². The number of aromatic nitrogens is 2. The molecule has 0 saturated carbocycles. The summed E-state index contributed by atoms with van der Waals surface area (Å²) in [6.45, 7) is 4.38. The van der Waals surface area contributed by atoms with Crippen molar-refractivity contribution in [3.8, 4) is 0 Å². The molecule has 0 aliphatic heterocycles. The van der Waals surface area contributed by atoms with E-state index in [4.69, 9.17) is 9.98 Å². The molecule has 41 heavy (non-hydrogen) atoms. The normalized spacial score (nSPS) is 14.3. The van der Waals surface area contributed by atoms with Crippen LogP contribution in [-0.4, -0.2) is 21.6 Å². The molecule has 0 saturated heterocycles. The molecule has 0 atom stereocenters. The maximum Gasteiger partial charge on any atom is 0.248 e. The molecule has 0 fully saturated rings. The zero-order valence-electron chi connectivity index (χ0n) is 23.8. The van der Waals surface area contributed by atoms with Crippen molar-refractivity contribution in [2.24, 2.45) is 10.9 Å². The summed E-state index contributed by atoms with van der Waals surface area (Å²) in [4.78, 5) is 26.6. The van der Waals surface area contributed by atoms with E-state index in [1.54, 1.807) is 30.6 Å². The van der Waals surface area contributed by atoms with Crippen LogP contribution in [-0.2, 0) is 4.79 Å². The molecule has 4 aromatic rings. The standard InChI is InChI=1S/C35H37N5O/c1-3-10-31(27-11-6-4-5-7-12-27)39-34-25(2)30-13-8-9-14-32(30)40-35(34)38-28-18-15-26(16-19-28)17-20-33(41)37-29-21-23-36-24-22-29/h4-5,8-9,13-24,27H,3,6-7,10-12H2,1-2H3,(H,38,40)(H,36,37,41)/b20-17+,39-31?. The van der Waals surface area contributed by atoms with Crippen molar-refractivity contribution in [1.82, 2.24) is 9.97 Å². The topological polar surface area (TPSA) is 79.3 Å². The van der Waals surface area contributed by atoms with Crippen molar-refractivity contribution < 1.29 is 4.79 Å². The number of pyridine rings is 2. The van der Waals surface area contributed by atoms with Gasteiger partial charge in [-0.3, -0.25) is 14.8 Å². The van der Waals surface area contributed by atoms with Crippen LogP contribution in [0.2, 0.25) is 0 Å². The van der Waals surface area contributed by atoms with E-state index in [0.29, 0.717) is 11.6 Å². The SMILES string of the molecule is CCCC(=Nc1c(Nc2ccc(/C=C/C(=O)Nc3ccncc3)cc2)nc2ccccc2c1C)C1CCC=CCC1. The number of carbonyl (C=O) groups excluding carboxylic acids is 1. The first-order valence-corrected chi connectivity index (χ1v) is 14.5. The number of aryl methyl sites for hydroxylation is 1. The number of hydrogen-bond donors (Lipinski definition) is 2. The first kappa shape index (κ1) is 28.0. The number of fused-ring (bicyclic) bond motifs is 1. The number of aliphatic imine (C=N–C) groups is 1. The number of carbonyl (C=O) groups is 1. The fraction of sp³-hybridized carbons (Fsp3) is 0.257. The third kappa shape index (κ3) is 7.34. The number of rotatable bonds is 9. The summed E-state index contributed by atoms with van der Waals surface area (Å²) in [6, 6.07) is 19.7. The first-order chi connectivity index (χ1) is 20.1. The molecule has 1 amide bonds. The van der Waals surface area contributed by atoms with Gasteiger partial charge < -0.3 is 10.6 Å². The van der Waals surface area contributed by atoms with E-state index < -0.39 is 0 Å². The third-order valence-electron chi connectivity index (χ3n) is 7.43. The second-order valence-corrected chi connectivity index (χ2v) is 10.4. The molecule has 0 unspecified atom stereocenters. The Bertz CT molecular complexity index is 1560. The average molecular weight is 544 g/mol. The van der Waals surface area contributed by atoms with Gasteiger partial charge in [0.05, 0.1) is 5.52 Å². The van der Waals surface area contributed by atoms with Crippen LogP contribution in [0.4, 0.5) is 22.9 Å². The van der Waals surface area contributed by atoms with E-state index in [9.17, 15) is 4.79 Å². The molecule has 0 spiro atoms. The van der Waals surface area contributed by atoms with Gasteiger partial charge in [-0.15, -0.1) is 0 Å². The van der Waals surface area contributed by atoms with E-state index >= 15 is 0 Å². The van der Waals surface area contributed by atoms with Crippen LogP contribution in [0.5, 0.6) is 0 Å². The minimum Gasteiger partial charge on any atom is -0.338 e. The lowest BCUT2D eigenvalue weighted by molar-refractivity contribution is -0.111.